The third kappa shape index (κ3) is 5.00. The predicted octanol–water partition coefficient (Wildman–Crippen LogP) is 2.78. The minimum Gasteiger partial charge on any atom is -0.427 e. The van der Waals surface area contributed by atoms with Gasteiger partial charge in [0.2, 0.25) is 0 Å². The molecule has 0 radical (unpaired) electrons. The van der Waals surface area contributed by atoms with Crippen LogP contribution < -0.4 is 10.3 Å². The van der Waals surface area contributed by atoms with E-state index in [0.29, 0.717) is 22.7 Å². The van der Waals surface area contributed by atoms with Gasteiger partial charge in [-0.2, -0.15) is 0 Å². The van der Waals surface area contributed by atoms with Crippen molar-refractivity contribution in [2.75, 3.05) is 0 Å². The van der Waals surface area contributed by atoms with Crippen molar-refractivity contribution in [2.24, 2.45) is 5.73 Å². The van der Waals surface area contributed by atoms with Crippen molar-refractivity contribution in [3.63, 3.8) is 0 Å². The molecule has 0 aliphatic rings. The lowest BCUT2D eigenvalue weighted by molar-refractivity contribution is 0.375. The summed E-state index contributed by atoms with van der Waals surface area (Å²) in [4.78, 5) is 26.9. The standard InChI is InChI=1S/C16H16N3O3P/c1-12(6-2-4-8-17)15-10-13(22-23(20)21)11-16(19-15)14-7-3-5-9-18-14/h2-11,20-21H,1,17H2/b6-2-,8-4-. The monoisotopic (exact) mass is 329 g/mol. The van der Waals surface area contributed by atoms with Crippen molar-refractivity contribution in [3.05, 3.63) is 73.2 Å². The zero-order chi connectivity index (χ0) is 16.7. The Morgan fingerprint density at radius 1 is 1.22 bits per heavy atom. The molecular weight excluding hydrogens is 313 g/mol. The van der Waals surface area contributed by atoms with Gasteiger partial charge in [0, 0.05) is 18.3 Å². The number of nitrogens with two attached hydrogens (primary N) is 1. The lowest BCUT2D eigenvalue weighted by atomic mass is 10.1. The largest absolute Gasteiger partial charge is 0.427 e. The van der Waals surface area contributed by atoms with E-state index in [1.807, 2.05) is 6.07 Å². The van der Waals surface area contributed by atoms with Crippen molar-refractivity contribution in [2.45, 2.75) is 0 Å². The van der Waals surface area contributed by atoms with E-state index in [1.165, 1.54) is 6.20 Å². The molecule has 0 fully saturated rings. The van der Waals surface area contributed by atoms with Crippen molar-refractivity contribution >= 4 is 14.2 Å². The Hall–Kier alpha value is -2.53. The lowest BCUT2D eigenvalue weighted by Gasteiger charge is -2.10. The maximum Gasteiger partial charge on any atom is 0.391 e. The van der Waals surface area contributed by atoms with Crippen LogP contribution in [0.5, 0.6) is 5.75 Å². The Labute approximate surface area is 135 Å². The molecule has 0 spiro atoms. The van der Waals surface area contributed by atoms with Crippen molar-refractivity contribution in [1.29, 1.82) is 0 Å². The summed E-state index contributed by atoms with van der Waals surface area (Å²) in [6.45, 7) is 3.93. The first-order valence-electron chi connectivity index (χ1n) is 6.63. The number of aromatic nitrogens is 2. The van der Waals surface area contributed by atoms with Gasteiger partial charge < -0.3 is 20.0 Å². The average Bonchev–Trinajstić information content (AvgIpc) is 2.55. The van der Waals surface area contributed by atoms with E-state index in [4.69, 9.17) is 20.0 Å². The van der Waals surface area contributed by atoms with E-state index in [2.05, 4.69) is 16.5 Å². The van der Waals surface area contributed by atoms with E-state index >= 15 is 0 Å². The SMILES string of the molecule is C=C(/C=C\C=C/N)c1cc(OP(O)O)cc(-c2ccccn2)n1. The number of pyridine rings is 2. The minimum atomic E-state index is -2.53. The summed E-state index contributed by atoms with van der Waals surface area (Å²) in [7, 11) is -2.53. The van der Waals surface area contributed by atoms with Crippen LogP contribution in [0.25, 0.3) is 17.0 Å². The normalized spacial score (nSPS) is 11.4. The second-order valence-electron chi connectivity index (χ2n) is 4.40. The fourth-order valence-electron chi connectivity index (χ4n) is 1.78. The van der Waals surface area contributed by atoms with Gasteiger partial charge in [0.1, 0.15) is 5.75 Å². The van der Waals surface area contributed by atoms with E-state index in [-0.39, 0.29) is 5.75 Å². The highest BCUT2D eigenvalue weighted by Gasteiger charge is 2.11. The van der Waals surface area contributed by atoms with Gasteiger partial charge in [0.25, 0.3) is 0 Å². The molecule has 0 aliphatic carbocycles. The molecule has 0 saturated heterocycles. The molecule has 0 aliphatic heterocycles. The van der Waals surface area contributed by atoms with Gasteiger partial charge in [0.05, 0.1) is 17.1 Å². The van der Waals surface area contributed by atoms with Gasteiger partial charge in [-0.15, -0.1) is 0 Å². The van der Waals surface area contributed by atoms with Crippen LogP contribution in [0.1, 0.15) is 5.69 Å². The van der Waals surface area contributed by atoms with Gasteiger partial charge in [-0.1, -0.05) is 24.8 Å². The smallest absolute Gasteiger partial charge is 0.391 e. The number of hydrogen-bond acceptors (Lipinski definition) is 6. The van der Waals surface area contributed by atoms with Gasteiger partial charge >= 0.3 is 8.60 Å². The van der Waals surface area contributed by atoms with Crippen LogP contribution in [-0.4, -0.2) is 19.8 Å². The molecule has 2 aromatic rings. The fourth-order valence-corrected chi connectivity index (χ4v) is 2.08. The Morgan fingerprint density at radius 3 is 2.70 bits per heavy atom. The first kappa shape index (κ1) is 16.8. The third-order valence-corrected chi connectivity index (χ3v) is 3.14. The molecule has 2 heterocycles. The molecule has 2 aromatic heterocycles. The van der Waals surface area contributed by atoms with Crippen molar-refractivity contribution < 1.29 is 14.3 Å². The minimum absolute atomic E-state index is 0.274. The average molecular weight is 329 g/mol. The number of rotatable bonds is 6. The third-order valence-electron chi connectivity index (χ3n) is 2.76. The Morgan fingerprint density at radius 2 is 2.04 bits per heavy atom. The molecule has 0 aromatic carbocycles. The van der Waals surface area contributed by atoms with Crippen LogP contribution in [-0.2, 0) is 0 Å². The van der Waals surface area contributed by atoms with Crippen LogP contribution in [0, 0.1) is 0 Å². The quantitative estimate of drug-likeness (QED) is 0.556. The van der Waals surface area contributed by atoms with Crippen LogP contribution in [0.3, 0.4) is 0 Å². The summed E-state index contributed by atoms with van der Waals surface area (Å²) in [6, 6.07) is 8.60. The molecule has 23 heavy (non-hydrogen) atoms. The summed E-state index contributed by atoms with van der Waals surface area (Å²) in [5.41, 5.74) is 7.60. The Kier molecular flexibility index (Phi) is 6.00. The van der Waals surface area contributed by atoms with E-state index < -0.39 is 8.60 Å². The van der Waals surface area contributed by atoms with Crippen LogP contribution in [0.2, 0.25) is 0 Å². The molecule has 4 N–H and O–H groups in total. The molecule has 0 amide bonds. The van der Waals surface area contributed by atoms with Gasteiger partial charge in [-0.3, -0.25) is 4.98 Å². The molecule has 118 valence electrons. The molecule has 0 unspecified atom stereocenters. The Bertz CT molecular complexity index is 731. The van der Waals surface area contributed by atoms with Crippen LogP contribution in [0.15, 0.2) is 67.5 Å². The molecular formula is C16H16N3O3P. The summed E-state index contributed by atoms with van der Waals surface area (Å²) in [5, 5.41) is 0. The van der Waals surface area contributed by atoms with Crippen molar-refractivity contribution in [1.82, 2.24) is 9.97 Å². The Balaban J connectivity index is 2.43. The fraction of sp³-hybridized carbons (Fsp3) is 0. The highest BCUT2D eigenvalue weighted by molar-refractivity contribution is 7.39. The highest BCUT2D eigenvalue weighted by Crippen LogP contribution is 2.32. The summed E-state index contributed by atoms with van der Waals surface area (Å²) in [5.74, 6) is 0.274. The molecule has 0 saturated carbocycles. The van der Waals surface area contributed by atoms with Gasteiger partial charge in [-0.05, 0) is 30.0 Å². The van der Waals surface area contributed by atoms with Crippen LogP contribution in [0.4, 0.5) is 0 Å². The van der Waals surface area contributed by atoms with E-state index in [1.54, 1.807) is 48.7 Å². The summed E-state index contributed by atoms with van der Waals surface area (Å²) < 4.78 is 5.00. The highest BCUT2D eigenvalue weighted by atomic mass is 31.2. The molecule has 7 heteroatoms. The molecule has 0 bridgehead atoms. The first-order chi connectivity index (χ1) is 11.1. The maximum absolute atomic E-state index is 9.07. The molecule has 2 rings (SSSR count). The predicted molar refractivity (Wildman–Crippen MR) is 91.0 cm³/mol. The number of hydrogen-bond donors (Lipinski definition) is 3. The number of allylic oxidation sites excluding steroid dienone is 4. The van der Waals surface area contributed by atoms with Gasteiger partial charge in [-0.25, -0.2) is 4.98 Å². The van der Waals surface area contributed by atoms with Crippen molar-refractivity contribution in [3.8, 4) is 17.1 Å². The van der Waals surface area contributed by atoms with E-state index in [0.717, 1.165) is 0 Å². The zero-order valence-corrected chi connectivity index (χ0v) is 13.1. The zero-order valence-electron chi connectivity index (χ0n) is 12.2. The second kappa shape index (κ2) is 8.19. The number of nitrogens with zero attached hydrogens (tertiary/aromatic N) is 2. The first-order valence-corrected chi connectivity index (χ1v) is 7.80. The maximum atomic E-state index is 9.07. The topological polar surface area (TPSA) is 101 Å². The lowest BCUT2D eigenvalue weighted by Crippen LogP contribution is -1.95. The van der Waals surface area contributed by atoms with Gasteiger partial charge in [0.15, 0.2) is 0 Å². The second-order valence-corrected chi connectivity index (χ2v) is 5.09. The summed E-state index contributed by atoms with van der Waals surface area (Å²) >= 11 is 0. The van der Waals surface area contributed by atoms with Crippen LogP contribution >= 0.6 is 8.60 Å². The summed E-state index contributed by atoms with van der Waals surface area (Å²) in [6.07, 6.45) is 8.17. The van der Waals surface area contributed by atoms with E-state index in [9.17, 15) is 0 Å². The molecule has 0 atom stereocenters. The molecule has 6 nitrogen and oxygen atoms in total.